The Labute approximate surface area is 225 Å². The molecule has 5 rings (SSSR count). The van der Waals surface area contributed by atoms with Crippen LogP contribution < -0.4 is 15.1 Å². The van der Waals surface area contributed by atoms with Gasteiger partial charge in [-0.25, -0.2) is 9.78 Å². The summed E-state index contributed by atoms with van der Waals surface area (Å²) in [7, 11) is 0. The first-order chi connectivity index (χ1) is 17.8. The minimum absolute atomic E-state index is 0.0401. The normalized spacial score (nSPS) is 14.8. The maximum absolute atomic E-state index is 13.8. The number of hydrogen-bond acceptors (Lipinski definition) is 8. The molecule has 1 aliphatic rings. The molecule has 8 nitrogen and oxygen atoms in total. The van der Waals surface area contributed by atoms with Crippen LogP contribution in [0.15, 0.2) is 56.1 Å². The molecule has 10 heteroatoms. The van der Waals surface area contributed by atoms with E-state index in [1.807, 2.05) is 31.2 Å². The SMILES string of the molecule is CCCOc1ccc(C2c3c(oc4ccc(Br)cc4c3=O)C(=O)N2c2nc(C)c(C(=O)OCC)s2)cc1. The number of halogens is 1. The summed E-state index contributed by atoms with van der Waals surface area (Å²) >= 11 is 4.46. The van der Waals surface area contributed by atoms with Crippen LogP contribution in [0.5, 0.6) is 5.75 Å². The monoisotopic (exact) mass is 582 g/mol. The predicted molar refractivity (Wildman–Crippen MR) is 144 cm³/mol. The van der Waals surface area contributed by atoms with Crippen molar-refractivity contribution >= 4 is 55.2 Å². The average Bonchev–Trinajstić information content (AvgIpc) is 3.41. The summed E-state index contributed by atoms with van der Waals surface area (Å²) in [6.07, 6.45) is 0.871. The highest BCUT2D eigenvalue weighted by Crippen LogP contribution is 2.43. The number of rotatable bonds is 7. The van der Waals surface area contributed by atoms with Crippen molar-refractivity contribution in [1.29, 1.82) is 0 Å². The smallest absolute Gasteiger partial charge is 0.350 e. The van der Waals surface area contributed by atoms with E-state index < -0.39 is 17.9 Å². The van der Waals surface area contributed by atoms with Crippen LogP contribution in [0.4, 0.5) is 5.13 Å². The Morgan fingerprint density at radius 2 is 1.92 bits per heavy atom. The Kier molecular flexibility index (Phi) is 6.87. The van der Waals surface area contributed by atoms with Crippen molar-refractivity contribution < 1.29 is 23.5 Å². The number of carbonyl (C=O) groups is 2. The highest BCUT2D eigenvalue weighted by Gasteiger charge is 2.45. The standard InChI is InChI=1S/C27H23BrN2O6S/c1-4-12-35-17-9-6-15(7-10-17)21-20-22(31)18-13-16(28)8-11-19(18)36-23(20)25(32)30(21)27-29-14(3)24(37-27)26(33)34-5-2/h6-11,13,21H,4-5,12H2,1-3H3. The maximum Gasteiger partial charge on any atom is 0.350 e. The Morgan fingerprint density at radius 1 is 1.16 bits per heavy atom. The van der Waals surface area contributed by atoms with Crippen LogP contribution in [0.3, 0.4) is 0 Å². The number of nitrogens with zero attached hydrogens (tertiary/aromatic N) is 2. The summed E-state index contributed by atoms with van der Waals surface area (Å²) in [5, 5.41) is 0.635. The fourth-order valence-corrected chi connectivity index (χ4v) is 5.64. The Hall–Kier alpha value is -3.50. The van der Waals surface area contributed by atoms with E-state index >= 15 is 0 Å². The zero-order valence-corrected chi connectivity index (χ0v) is 22.8. The third-order valence-electron chi connectivity index (χ3n) is 5.95. The lowest BCUT2D eigenvalue weighted by molar-refractivity contribution is 0.0531. The first-order valence-corrected chi connectivity index (χ1v) is 13.4. The van der Waals surface area contributed by atoms with Crippen LogP contribution in [0.1, 0.15) is 63.4 Å². The largest absolute Gasteiger partial charge is 0.494 e. The van der Waals surface area contributed by atoms with Crippen LogP contribution in [0.2, 0.25) is 0 Å². The zero-order valence-electron chi connectivity index (χ0n) is 20.4. The van der Waals surface area contributed by atoms with Gasteiger partial charge in [0, 0.05) is 4.47 Å². The third kappa shape index (κ3) is 4.44. The number of aryl methyl sites for hydroxylation is 1. The number of ether oxygens (including phenoxy) is 2. The van der Waals surface area contributed by atoms with Gasteiger partial charge >= 0.3 is 5.97 Å². The molecule has 0 aliphatic carbocycles. The summed E-state index contributed by atoms with van der Waals surface area (Å²) in [6.45, 7) is 6.23. The van der Waals surface area contributed by atoms with Gasteiger partial charge in [0.2, 0.25) is 5.76 Å². The van der Waals surface area contributed by atoms with E-state index in [0.717, 1.165) is 22.2 Å². The van der Waals surface area contributed by atoms with E-state index in [4.69, 9.17) is 13.9 Å². The van der Waals surface area contributed by atoms with Crippen molar-refractivity contribution in [3.8, 4) is 5.75 Å². The first kappa shape index (κ1) is 25.2. The molecule has 0 spiro atoms. The molecule has 2 aromatic carbocycles. The summed E-state index contributed by atoms with van der Waals surface area (Å²) in [5.74, 6) is -0.364. The van der Waals surface area contributed by atoms with Gasteiger partial charge < -0.3 is 13.9 Å². The molecule has 0 bridgehead atoms. The molecule has 4 aromatic rings. The number of fused-ring (bicyclic) bond motifs is 2. The summed E-state index contributed by atoms with van der Waals surface area (Å²) in [4.78, 5) is 46.3. The molecule has 3 heterocycles. The number of carbonyl (C=O) groups excluding carboxylic acids is 2. The molecular formula is C27H23BrN2O6S. The van der Waals surface area contributed by atoms with E-state index in [2.05, 4.69) is 20.9 Å². The Bertz CT molecular complexity index is 1580. The lowest BCUT2D eigenvalue weighted by Gasteiger charge is -2.22. The lowest BCUT2D eigenvalue weighted by Crippen LogP contribution is -2.29. The number of benzene rings is 2. The lowest BCUT2D eigenvalue weighted by atomic mass is 9.98. The molecule has 1 atom stereocenters. The second-order valence-electron chi connectivity index (χ2n) is 8.44. The van der Waals surface area contributed by atoms with Crippen LogP contribution in [0.25, 0.3) is 11.0 Å². The Morgan fingerprint density at radius 3 is 2.62 bits per heavy atom. The van der Waals surface area contributed by atoms with Crippen molar-refractivity contribution in [3.63, 3.8) is 0 Å². The second kappa shape index (κ2) is 10.1. The minimum atomic E-state index is -0.803. The van der Waals surface area contributed by atoms with Crippen LogP contribution >= 0.6 is 27.3 Å². The van der Waals surface area contributed by atoms with Crippen LogP contribution in [-0.2, 0) is 4.74 Å². The van der Waals surface area contributed by atoms with E-state index in [0.29, 0.717) is 39.5 Å². The molecular weight excluding hydrogens is 560 g/mol. The van der Waals surface area contributed by atoms with Gasteiger partial charge in [-0.1, -0.05) is 46.3 Å². The number of amides is 1. The molecule has 1 amide bonds. The number of thiazole rings is 1. The third-order valence-corrected chi connectivity index (χ3v) is 7.58. The molecule has 0 saturated heterocycles. The molecule has 1 aliphatic heterocycles. The molecule has 0 fully saturated rings. The summed E-state index contributed by atoms with van der Waals surface area (Å²) < 4.78 is 17.6. The fraction of sp³-hybridized carbons (Fsp3) is 0.259. The van der Waals surface area contributed by atoms with Crippen molar-refractivity contribution in [2.75, 3.05) is 18.1 Å². The quantitative estimate of drug-likeness (QED) is 0.245. The summed E-state index contributed by atoms with van der Waals surface area (Å²) in [6, 6.07) is 11.5. The van der Waals surface area contributed by atoms with Crippen molar-refractivity contribution in [2.45, 2.75) is 33.2 Å². The van der Waals surface area contributed by atoms with Gasteiger partial charge in [-0.3, -0.25) is 14.5 Å². The van der Waals surface area contributed by atoms with E-state index in [1.54, 1.807) is 32.0 Å². The van der Waals surface area contributed by atoms with E-state index in [9.17, 15) is 14.4 Å². The van der Waals surface area contributed by atoms with Crippen molar-refractivity contribution in [1.82, 2.24) is 4.98 Å². The number of aromatic nitrogens is 1. The van der Waals surface area contributed by atoms with E-state index in [1.165, 1.54) is 4.90 Å². The number of hydrogen-bond donors (Lipinski definition) is 0. The Balaban J connectivity index is 1.69. The molecule has 0 radical (unpaired) electrons. The van der Waals surface area contributed by atoms with Gasteiger partial charge in [0.15, 0.2) is 10.6 Å². The molecule has 37 heavy (non-hydrogen) atoms. The molecule has 1 unspecified atom stereocenters. The average molecular weight is 583 g/mol. The zero-order chi connectivity index (χ0) is 26.3. The number of anilines is 1. The van der Waals surface area contributed by atoms with Gasteiger partial charge in [-0.2, -0.15) is 0 Å². The summed E-state index contributed by atoms with van der Waals surface area (Å²) in [5.41, 5.74) is 1.36. The van der Waals surface area contributed by atoms with Gasteiger partial charge in [0.05, 0.1) is 35.9 Å². The maximum atomic E-state index is 13.8. The molecule has 190 valence electrons. The van der Waals surface area contributed by atoms with Gasteiger partial charge in [0.1, 0.15) is 16.2 Å². The van der Waals surface area contributed by atoms with Gasteiger partial charge in [-0.05, 0) is 56.2 Å². The molecule has 0 saturated carbocycles. The first-order valence-electron chi connectivity index (χ1n) is 11.8. The fourth-order valence-electron chi connectivity index (χ4n) is 4.30. The molecule has 0 N–H and O–H groups in total. The topological polar surface area (TPSA) is 98.9 Å². The highest BCUT2D eigenvalue weighted by molar-refractivity contribution is 9.10. The highest BCUT2D eigenvalue weighted by atomic mass is 79.9. The minimum Gasteiger partial charge on any atom is -0.494 e. The van der Waals surface area contributed by atoms with E-state index in [-0.39, 0.29) is 28.5 Å². The second-order valence-corrected chi connectivity index (χ2v) is 10.3. The van der Waals surface area contributed by atoms with Crippen LogP contribution in [-0.4, -0.2) is 30.1 Å². The number of esters is 1. The molecule has 2 aromatic heterocycles. The van der Waals surface area contributed by atoms with Crippen molar-refractivity contribution in [2.24, 2.45) is 0 Å². The van der Waals surface area contributed by atoms with Crippen molar-refractivity contribution in [3.05, 3.63) is 84.6 Å². The predicted octanol–water partition coefficient (Wildman–Crippen LogP) is 6.04. The van der Waals surface area contributed by atoms with Gasteiger partial charge in [-0.15, -0.1) is 0 Å². The van der Waals surface area contributed by atoms with Crippen LogP contribution in [0, 0.1) is 6.92 Å². The van der Waals surface area contributed by atoms with Gasteiger partial charge in [0.25, 0.3) is 5.91 Å².